The van der Waals surface area contributed by atoms with E-state index < -0.39 is 0 Å². The molecule has 0 aliphatic rings. The van der Waals surface area contributed by atoms with Crippen LogP contribution in [0, 0.1) is 6.92 Å². The van der Waals surface area contributed by atoms with Crippen LogP contribution in [0.15, 0.2) is 60.7 Å². The summed E-state index contributed by atoms with van der Waals surface area (Å²) in [6, 6.07) is 19.1. The van der Waals surface area contributed by atoms with Crippen molar-refractivity contribution >= 4 is 17.4 Å². The van der Waals surface area contributed by atoms with Crippen LogP contribution < -0.4 is 15.0 Å². The van der Waals surface area contributed by atoms with E-state index in [0.29, 0.717) is 23.8 Å². The Morgan fingerprint density at radius 1 is 1.07 bits per heavy atom. The van der Waals surface area contributed by atoms with Gasteiger partial charge in [-0.15, -0.1) is 0 Å². The fourth-order valence-electron chi connectivity index (χ4n) is 2.86. The van der Waals surface area contributed by atoms with Gasteiger partial charge in [-0.05, 0) is 43.7 Å². The molecule has 2 aromatic carbocycles. The quantitative estimate of drug-likeness (QED) is 0.673. The SMILES string of the molecule is CCN(Cc1ccccc1)c1cc(C(=O)Nc2ccc(OC)cc2)nc(C)n1. The number of hydrogen-bond donors (Lipinski definition) is 1. The zero-order chi connectivity index (χ0) is 19.9. The minimum absolute atomic E-state index is 0.271. The van der Waals surface area contributed by atoms with Gasteiger partial charge in [0.05, 0.1) is 7.11 Å². The highest BCUT2D eigenvalue weighted by Gasteiger charge is 2.14. The van der Waals surface area contributed by atoms with Crippen molar-refractivity contribution in [3.63, 3.8) is 0 Å². The number of aryl methyl sites for hydroxylation is 1. The standard InChI is InChI=1S/C22H24N4O2/c1-4-26(15-17-8-6-5-7-9-17)21-14-20(23-16(2)24-21)22(27)25-18-10-12-19(28-3)13-11-18/h5-14H,4,15H2,1-3H3,(H,25,27). The van der Waals surface area contributed by atoms with E-state index in [1.54, 1.807) is 44.4 Å². The summed E-state index contributed by atoms with van der Waals surface area (Å²) in [7, 11) is 1.60. The lowest BCUT2D eigenvalue weighted by molar-refractivity contribution is 0.102. The minimum atomic E-state index is -0.271. The molecule has 1 N–H and O–H groups in total. The molecule has 0 atom stereocenters. The molecule has 28 heavy (non-hydrogen) atoms. The highest BCUT2D eigenvalue weighted by Crippen LogP contribution is 2.19. The summed E-state index contributed by atoms with van der Waals surface area (Å²) in [5, 5.41) is 2.87. The third-order valence-corrected chi connectivity index (χ3v) is 4.33. The van der Waals surface area contributed by atoms with Crippen molar-refractivity contribution in [1.29, 1.82) is 0 Å². The summed E-state index contributed by atoms with van der Waals surface area (Å²) in [6.45, 7) is 5.35. The first-order chi connectivity index (χ1) is 13.6. The Hall–Kier alpha value is -3.41. The second-order valence-corrected chi connectivity index (χ2v) is 6.34. The molecule has 1 aromatic heterocycles. The summed E-state index contributed by atoms with van der Waals surface area (Å²) in [6.07, 6.45) is 0. The summed E-state index contributed by atoms with van der Waals surface area (Å²) in [5.74, 6) is 1.76. The van der Waals surface area contributed by atoms with Crippen molar-refractivity contribution in [1.82, 2.24) is 9.97 Å². The number of rotatable bonds is 7. The highest BCUT2D eigenvalue weighted by molar-refractivity contribution is 6.03. The van der Waals surface area contributed by atoms with Crippen molar-refractivity contribution in [3.8, 4) is 5.75 Å². The van der Waals surface area contributed by atoms with Crippen LogP contribution in [0.3, 0.4) is 0 Å². The van der Waals surface area contributed by atoms with Crippen LogP contribution in [0.2, 0.25) is 0 Å². The van der Waals surface area contributed by atoms with Gasteiger partial charge in [0.25, 0.3) is 5.91 Å². The van der Waals surface area contributed by atoms with Crippen molar-refractivity contribution < 1.29 is 9.53 Å². The number of carbonyl (C=O) groups excluding carboxylic acids is 1. The number of ether oxygens (including phenoxy) is 1. The fourth-order valence-corrected chi connectivity index (χ4v) is 2.86. The molecule has 1 amide bonds. The van der Waals surface area contributed by atoms with Gasteiger partial charge in [-0.3, -0.25) is 4.79 Å². The molecule has 0 fully saturated rings. The first-order valence-corrected chi connectivity index (χ1v) is 9.19. The molecule has 0 bridgehead atoms. The molecule has 1 heterocycles. The van der Waals surface area contributed by atoms with E-state index in [4.69, 9.17) is 4.74 Å². The van der Waals surface area contributed by atoms with Gasteiger partial charge in [0, 0.05) is 24.8 Å². The molecular weight excluding hydrogens is 352 g/mol. The maximum atomic E-state index is 12.7. The predicted molar refractivity (Wildman–Crippen MR) is 111 cm³/mol. The number of aromatic nitrogens is 2. The van der Waals surface area contributed by atoms with Crippen LogP contribution in [-0.4, -0.2) is 29.5 Å². The number of hydrogen-bond acceptors (Lipinski definition) is 5. The van der Waals surface area contributed by atoms with E-state index >= 15 is 0 Å². The van der Waals surface area contributed by atoms with Crippen LogP contribution in [0.5, 0.6) is 5.75 Å². The van der Waals surface area contributed by atoms with E-state index in [1.807, 2.05) is 18.2 Å². The maximum absolute atomic E-state index is 12.7. The van der Waals surface area contributed by atoms with Crippen molar-refractivity contribution in [2.45, 2.75) is 20.4 Å². The fraction of sp³-hybridized carbons (Fsp3) is 0.227. The lowest BCUT2D eigenvalue weighted by Crippen LogP contribution is -2.25. The van der Waals surface area contributed by atoms with Gasteiger partial charge >= 0.3 is 0 Å². The first-order valence-electron chi connectivity index (χ1n) is 9.19. The predicted octanol–water partition coefficient (Wildman–Crippen LogP) is 4.07. The molecular formula is C22H24N4O2. The second-order valence-electron chi connectivity index (χ2n) is 6.34. The average molecular weight is 376 g/mol. The van der Waals surface area contributed by atoms with Crippen LogP contribution in [-0.2, 0) is 6.54 Å². The van der Waals surface area contributed by atoms with Gasteiger partial charge in [0.1, 0.15) is 23.1 Å². The van der Waals surface area contributed by atoms with Gasteiger partial charge in [0.2, 0.25) is 0 Å². The maximum Gasteiger partial charge on any atom is 0.274 e. The van der Waals surface area contributed by atoms with Gasteiger partial charge < -0.3 is 15.0 Å². The number of benzene rings is 2. The molecule has 0 aliphatic carbocycles. The molecule has 0 spiro atoms. The van der Waals surface area contributed by atoms with Crippen molar-refractivity contribution in [2.24, 2.45) is 0 Å². The van der Waals surface area contributed by atoms with E-state index in [2.05, 4.69) is 39.2 Å². The lowest BCUT2D eigenvalue weighted by Gasteiger charge is -2.22. The van der Waals surface area contributed by atoms with Crippen LogP contribution in [0.4, 0.5) is 11.5 Å². The van der Waals surface area contributed by atoms with Crippen LogP contribution in [0.25, 0.3) is 0 Å². The third-order valence-electron chi connectivity index (χ3n) is 4.33. The lowest BCUT2D eigenvalue weighted by atomic mass is 10.2. The number of carbonyl (C=O) groups is 1. The molecule has 0 unspecified atom stereocenters. The van der Waals surface area contributed by atoms with E-state index in [9.17, 15) is 4.79 Å². The Bertz CT molecular complexity index is 927. The minimum Gasteiger partial charge on any atom is -0.497 e. The Kier molecular flexibility index (Phi) is 6.22. The zero-order valence-electron chi connectivity index (χ0n) is 16.3. The van der Waals surface area contributed by atoms with E-state index in [1.165, 1.54) is 5.56 Å². The summed E-state index contributed by atoms with van der Waals surface area (Å²) in [4.78, 5) is 23.7. The second kappa shape index (κ2) is 8.99. The summed E-state index contributed by atoms with van der Waals surface area (Å²) in [5.41, 5.74) is 2.20. The van der Waals surface area contributed by atoms with Gasteiger partial charge in [-0.25, -0.2) is 9.97 Å². The van der Waals surface area contributed by atoms with E-state index in [-0.39, 0.29) is 5.91 Å². The van der Waals surface area contributed by atoms with Crippen molar-refractivity contribution in [3.05, 3.63) is 77.7 Å². The van der Waals surface area contributed by atoms with Gasteiger partial charge in [-0.2, -0.15) is 0 Å². The zero-order valence-corrected chi connectivity index (χ0v) is 16.3. The Morgan fingerprint density at radius 3 is 2.43 bits per heavy atom. The third kappa shape index (κ3) is 4.85. The number of nitrogens with one attached hydrogen (secondary N) is 1. The number of methoxy groups -OCH3 is 1. The molecule has 3 rings (SSSR count). The number of amides is 1. The van der Waals surface area contributed by atoms with Crippen LogP contribution >= 0.6 is 0 Å². The van der Waals surface area contributed by atoms with Crippen LogP contribution in [0.1, 0.15) is 28.8 Å². The molecule has 144 valence electrons. The monoisotopic (exact) mass is 376 g/mol. The molecule has 3 aromatic rings. The molecule has 0 saturated heterocycles. The summed E-state index contributed by atoms with van der Waals surface area (Å²) < 4.78 is 5.14. The average Bonchev–Trinajstić information content (AvgIpc) is 2.72. The number of anilines is 2. The normalized spacial score (nSPS) is 10.4. The molecule has 0 radical (unpaired) electrons. The highest BCUT2D eigenvalue weighted by atomic mass is 16.5. The van der Waals surface area contributed by atoms with Crippen molar-refractivity contribution in [2.75, 3.05) is 23.9 Å². The molecule has 0 aliphatic heterocycles. The Labute approximate surface area is 165 Å². The van der Waals surface area contributed by atoms with Gasteiger partial charge in [0.15, 0.2) is 0 Å². The summed E-state index contributed by atoms with van der Waals surface area (Å²) >= 11 is 0. The number of nitrogens with zero attached hydrogens (tertiary/aromatic N) is 3. The first kappa shape index (κ1) is 19.4. The Balaban J connectivity index is 1.80. The smallest absolute Gasteiger partial charge is 0.274 e. The Morgan fingerprint density at radius 2 is 1.79 bits per heavy atom. The van der Waals surface area contributed by atoms with Gasteiger partial charge in [-0.1, -0.05) is 30.3 Å². The molecule has 6 heteroatoms. The molecule has 6 nitrogen and oxygen atoms in total. The topological polar surface area (TPSA) is 67.4 Å². The molecule has 0 saturated carbocycles. The largest absolute Gasteiger partial charge is 0.497 e. The van der Waals surface area contributed by atoms with E-state index in [0.717, 1.165) is 18.1 Å².